The van der Waals surface area contributed by atoms with Crippen LogP contribution in [0.4, 0.5) is 5.82 Å². The quantitative estimate of drug-likeness (QED) is 0.829. The Labute approximate surface area is 102 Å². The Kier molecular flexibility index (Phi) is 3.94. The van der Waals surface area contributed by atoms with Gasteiger partial charge in [-0.1, -0.05) is 31.5 Å². The van der Waals surface area contributed by atoms with Crippen LogP contribution in [0.1, 0.15) is 19.8 Å². The molecule has 0 saturated carbocycles. The number of anilines is 1. The lowest BCUT2D eigenvalue weighted by molar-refractivity contribution is 0.646. The molecule has 0 fully saturated rings. The second-order valence-corrected chi connectivity index (χ2v) is 4.25. The molecule has 1 atom stereocenters. The summed E-state index contributed by atoms with van der Waals surface area (Å²) in [5.41, 5.74) is 6.75. The molecule has 0 saturated heterocycles. The van der Waals surface area contributed by atoms with Gasteiger partial charge < -0.3 is 11.1 Å². The molecule has 2 rings (SSSR count). The van der Waals surface area contributed by atoms with Crippen LogP contribution in [0, 0.1) is 0 Å². The first-order valence-corrected chi connectivity index (χ1v) is 6.16. The minimum Gasteiger partial charge on any atom is -0.366 e. The Morgan fingerprint density at radius 3 is 2.82 bits per heavy atom. The predicted molar refractivity (Wildman–Crippen MR) is 73.1 cm³/mol. The number of nitrogens with zero attached hydrogens (tertiary/aromatic N) is 1. The second kappa shape index (κ2) is 5.64. The number of nitrogens with two attached hydrogens (primary N) is 1. The standard InChI is InChI=1S/C14H19N3/c1-2-5-12(10-15)16-14-9-8-11-6-3-4-7-13(11)17-14/h3-4,6-9,12H,2,5,10,15H2,1H3,(H,16,17). The topological polar surface area (TPSA) is 50.9 Å². The molecule has 0 aliphatic heterocycles. The highest BCUT2D eigenvalue weighted by atomic mass is 15.0. The van der Waals surface area contributed by atoms with Crippen molar-refractivity contribution in [2.45, 2.75) is 25.8 Å². The Morgan fingerprint density at radius 2 is 2.06 bits per heavy atom. The molecule has 0 aliphatic rings. The third-order valence-electron chi connectivity index (χ3n) is 2.87. The fourth-order valence-corrected chi connectivity index (χ4v) is 1.95. The minimum atomic E-state index is 0.314. The van der Waals surface area contributed by atoms with Crippen molar-refractivity contribution in [3.8, 4) is 0 Å². The summed E-state index contributed by atoms with van der Waals surface area (Å²) in [5.74, 6) is 0.910. The summed E-state index contributed by atoms with van der Waals surface area (Å²) in [4.78, 5) is 4.58. The molecule has 3 heteroatoms. The zero-order valence-electron chi connectivity index (χ0n) is 10.2. The molecule has 1 unspecified atom stereocenters. The monoisotopic (exact) mass is 229 g/mol. The summed E-state index contributed by atoms with van der Waals surface area (Å²) in [7, 11) is 0. The lowest BCUT2D eigenvalue weighted by Gasteiger charge is -2.16. The fraction of sp³-hybridized carbons (Fsp3) is 0.357. The highest BCUT2D eigenvalue weighted by molar-refractivity contribution is 5.80. The van der Waals surface area contributed by atoms with Gasteiger partial charge in [-0.15, -0.1) is 0 Å². The van der Waals surface area contributed by atoms with Gasteiger partial charge in [0.15, 0.2) is 0 Å². The van der Waals surface area contributed by atoms with Gasteiger partial charge in [-0.25, -0.2) is 4.98 Å². The molecular weight excluding hydrogens is 210 g/mol. The van der Waals surface area contributed by atoms with Crippen LogP contribution >= 0.6 is 0 Å². The van der Waals surface area contributed by atoms with Crippen molar-refractivity contribution in [2.75, 3.05) is 11.9 Å². The fourth-order valence-electron chi connectivity index (χ4n) is 1.95. The molecule has 1 heterocycles. The third-order valence-corrected chi connectivity index (χ3v) is 2.87. The minimum absolute atomic E-state index is 0.314. The molecule has 0 radical (unpaired) electrons. The first kappa shape index (κ1) is 11.9. The van der Waals surface area contributed by atoms with Crippen LogP contribution in [0.2, 0.25) is 0 Å². The van der Waals surface area contributed by atoms with Crippen molar-refractivity contribution in [1.29, 1.82) is 0 Å². The van der Waals surface area contributed by atoms with E-state index >= 15 is 0 Å². The lowest BCUT2D eigenvalue weighted by Crippen LogP contribution is -2.28. The van der Waals surface area contributed by atoms with Crippen molar-refractivity contribution in [3.63, 3.8) is 0 Å². The first-order chi connectivity index (χ1) is 8.33. The summed E-state index contributed by atoms with van der Waals surface area (Å²) >= 11 is 0. The third kappa shape index (κ3) is 2.94. The Hall–Kier alpha value is -1.61. The van der Waals surface area contributed by atoms with Crippen molar-refractivity contribution >= 4 is 16.7 Å². The smallest absolute Gasteiger partial charge is 0.126 e. The average Bonchev–Trinajstić information content (AvgIpc) is 2.38. The number of rotatable bonds is 5. The van der Waals surface area contributed by atoms with Crippen LogP contribution < -0.4 is 11.1 Å². The summed E-state index contributed by atoms with van der Waals surface area (Å²) < 4.78 is 0. The van der Waals surface area contributed by atoms with Gasteiger partial charge in [0.05, 0.1) is 5.52 Å². The lowest BCUT2D eigenvalue weighted by atomic mass is 10.1. The Balaban J connectivity index is 2.18. The molecule has 2 aromatic rings. The number of para-hydroxylation sites is 1. The van der Waals surface area contributed by atoms with Gasteiger partial charge in [-0.05, 0) is 24.6 Å². The maximum Gasteiger partial charge on any atom is 0.126 e. The van der Waals surface area contributed by atoms with E-state index in [0.29, 0.717) is 12.6 Å². The maximum absolute atomic E-state index is 5.73. The van der Waals surface area contributed by atoms with E-state index in [2.05, 4.69) is 29.4 Å². The number of pyridine rings is 1. The van der Waals surface area contributed by atoms with Gasteiger partial charge in [-0.3, -0.25) is 0 Å². The zero-order chi connectivity index (χ0) is 12.1. The molecule has 0 bridgehead atoms. The number of hydrogen-bond acceptors (Lipinski definition) is 3. The molecular formula is C14H19N3. The Morgan fingerprint density at radius 1 is 1.24 bits per heavy atom. The SMILES string of the molecule is CCCC(CN)Nc1ccc2ccccc2n1. The van der Waals surface area contributed by atoms with E-state index in [4.69, 9.17) is 5.73 Å². The molecule has 17 heavy (non-hydrogen) atoms. The number of aromatic nitrogens is 1. The second-order valence-electron chi connectivity index (χ2n) is 4.25. The van der Waals surface area contributed by atoms with Gasteiger partial charge in [0, 0.05) is 18.0 Å². The summed E-state index contributed by atoms with van der Waals surface area (Å²) in [6, 6.07) is 12.5. The van der Waals surface area contributed by atoms with Crippen LogP contribution in [-0.4, -0.2) is 17.6 Å². The highest BCUT2D eigenvalue weighted by Gasteiger charge is 2.05. The molecule has 90 valence electrons. The molecule has 0 aliphatic carbocycles. The van der Waals surface area contributed by atoms with Gasteiger partial charge in [-0.2, -0.15) is 0 Å². The summed E-state index contributed by atoms with van der Waals surface area (Å²) in [5, 5.41) is 4.55. The van der Waals surface area contributed by atoms with E-state index in [9.17, 15) is 0 Å². The van der Waals surface area contributed by atoms with E-state index < -0.39 is 0 Å². The molecule has 1 aromatic carbocycles. The van der Waals surface area contributed by atoms with Crippen LogP contribution in [0.3, 0.4) is 0 Å². The number of hydrogen-bond donors (Lipinski definition) is 2. The number of benzene rings is 1. The predicted octanol–water partition coefficient (Wildman–Crippen LogP) is 2.77. The zero-order valence-corrected chi connectivity index (χ0v) is 10.2. The van der Waals surface area contributed by atoms with E-state index in [-0.39, 0.29) is 0 Å². The van der Waals surface area contributed by atoms with Gasteiger partial charge in [0.1, 0.15) is 5.82 Å². The van der Waals surface area contributed by atoms with Crippen LogP contribution in [0.25, 0.3) is 10.9 Å². The van der Waals surface area contributed by atoms with E-state index in [1.54, 1.807) is 0 Å². The van der Waals surface area contributed by atoms with Gasteiger partial charge >= 0.3 is 0 Å². The highest BCUT2D eigenvalue weighted by Crippen LogP contribution is 2.15. The average molecular weight is 229 g/mol. The van der Waals surface area contributed by atoms with E-state index in [1.807, 2.05) is 24.3 Å². The number of fused-ring (bicyclic) bond motifs is 1. The van der Waals surface area contributed by atoms with E-state index in [1.165, 1.54) is 0 Å². The normalized spacial score (nSPS) is 12.6. The molecule has 3 N–H and O–H groups in total. The van der Waals surface area contributed by atoms with Gasteiger partial charge in [0.25, 0.3) is 0 Å². The van der Waals surface area contributed by atoms with Crippen LogP contribution in [0.5, 0.6) is 0 Å². The Bertz CT molecular complexity index is 482. The van der Waals surface area contributed by atoms with Crippen molar-refractivity contribution in [3.05, 3.63) is 36.4 Å². The largest absolute Gasteiger partial charge is 0.366 e. The van der Waals surface area contributed by atoms with E-state index in [0.717, 1.165) is 29.6 Å². The summed E-state index contributed by atoms with van der Waals surface area (Å²) in [6.07, 6.45) is 2.20. The summed E-state index contributed by atoms with van der Waals surface area (Å²) in [6.45, 7) is 2.81. The number of nitrogens with one attached hydrogen (secondary N) is 1. The molecule has 0 amide bonds. The van der Waals surface area contributed by atoms with Crippen molar-refractivity contribution in [1.82, 2.24) is 4.98 Å². The van der Waals surface area contributed by atoms with Crippen LogP contribution in [0.15, 0.2) is 36.4 Å². The first-order valence-electron chi connectivity index (χ1n) is 6.16. The van der Waals surface area contributed by atoms with Crippen LogP contribution in [-0.2, 0) is 0 Å². The molecule has 1 aromatic heterocycles. The van der Waals surface area contributed by atoms with Crippen molar-refractivity contribution in [2.24, 2.45) is 5.73 Å². The molecule has 3 nitrogen and oxygen atoms in total. The van der Waals surface area contributed by atoms with Crippen molar-refractivity contribution < 1.29 is 0 Å². The maximum atomic E-state index is 5.73. The molecule has 0 spiro atoms. The van der Waals surface area contributed by atoms with Gasteiger partial charge in [0.2, 0.25) is 0 Å².